The van der Waals surface area contributed by atoms with Gasteiger partial charge in [-0.25, -0.2) is 0 Å². The molecule has 0 atom stereocenters. The molecule has 0 amide bonds. The monoisotopic (exact) mass is 292 g/mol. The van der Waals surface area contributed by atoms with Crippen LogP contribution >= 0.6 is 11.6 Å². The van der Waals surface area contributed by atoms with E-state index in [2.05, 4.69) is 5.32 Å². The minimum Gasteiger partial charge on any atom is -0.496 e. The van der Waals surface area contributed by atoms with Gasteiger partial charge >= 0.3 is 0 Å². The fraction of sp³-hybridized carbons (Fsp3) is 0.143. The number of nitrogens with zero attached hydrogens (tertiary/aromatic N) is 1. The van der Waals surface area contributed by atoms with Crippen molar-refractivity contribution in [3.63, 3.8) is 0 Å². The molecule has 0 radical (unpaired) electrons. The van der Waals surface area contributed by atoms with Crippen LogP contribution in [-0.4, -0.2) is 12.0 Å². The molecule has 0 aliphatic carbocycles. The minimum absolute atomic E-state index is 0.0656. The third-order valence-electron chi connectivity index (χ3n) is 2.80. The van der Waals surface area contributed by atoms with Crippen molar-refractivity contribution in [1.29, 1.82) is 0 Å². The lowest BCUT2D eigenvalue weighted by Crippen LogP contribution is -2.01. The van der Waals surface area contributed by atoms with E-state index in [1.165, 1.54) is 12.1 Å². The van der Waals surface area contributed by atoms with Crippen molar-refractivity contribution < 1.29 is 9.66 Å². The van der Waals surface area contributed by atoms with Crippen molar-refractivity contribution in [2.45, 2.75) is 6.54 Å². The first kappa shape index (κ1) is 14.1. The second kappa shape index (κ2) is 6.25. The SMILES string of the molecule is COc1ccc(Cl)cc1CNc1ccc([N+](=O)[O-])cc1. The molecule has 20 heavy (non-hydrogen) atoms. The highest BCUT2D eigenvalue weighted by atomic mass is 35.5. The summed E-state index contributed by atoms with van der Waals surface area (Å²) in [5.74, 6) is 0.740. The van der Waals surface area contributed by atoms with Gasteiger partial charge in [0.1, 0.15) is 5.75 Å². The van der Waals surface area contributed by atoms with Gasteiger partial charge in [0.15, 0.2) is 0 Å². The van der Waals surface area contributed by atoms with E-state index in [4.69, 9.17) is 16.3 Å². The molecule has 0 saturated heterocycles. The molecule has 0 aliphatic heterocycles. The van der Waals surface area contributed by atoms with Crippen LogP contribution in [0.1, 0.15) is 5.56 Å². The third-order valence-corrected chi connectivity index (χ3v) is 3.04. The maximum atomic E-state index is 10.6. The summed E-state index contributed by atoms with van der Waals surface area (Å²) >= 11 is 5.95. The molecule has 2 aromatic rings. The van der Waals surface area contributed by atoms with Crippen molar-refractivity contribution >= 4 is 23.0 Å². The number of halogens is 1. The zero-order valence-electron chi connectivity index (χ0n) is 10.8. The predicted molar refractivity (Wildman–Crippen MR) is 78.4 cm³/mol. The van der Waals surface area contributed by atoms with Gasteiger partial charge in [-0.05, 0) is 30.3 Å². The van der Waals surface area contributed by atoms with Crippen LogP contribution in [-0.2, 0) is 6.54 Å². The standard InChI is InChI=1S/C14H13ClN2O3/c1-20-14-7-2-11(15)8-10(14)9-16-12-3-5-13(6-4-12)17(18)19/h2-8,16H,9H2,1H3. The predicted octanol–water partition coefficient (Wildman–Crippen LogP) is 3.87. The Bertz CT molecular complexity index is 614. The zero-order chi connectivity index (χ0) is 14.5. The number of nitro benzene ring substituents is 1. The summed E-state index contributed by atoms with van der Waals surface area (Å²) in [5, 5.41) is 14.4. The summed E-state index contributed by atoms with van der Waals surface area (Å²) in [6, 6.07) is 11.6. The maximum Gasteiger partial charge on any atom is 0.269 e. The van der Waals surface area contributed by atoms with Crippen molar-refractivity contribution in [2.24, 2.45) is 0 Å². The molecule has 0 bridgehead atoms. The number of benzene rings is 2. The van der Waals surface area contributed by atoms with Gasteiger partial charge in [-0.2, -0.15) is 0 Å². The lowest BCUT2D eigenvalue weighted by atomic mass is 10.2. The summed E-state index contributed by atoms with van der Waals surface area (Å²) in [5.41, 5.74) is 1.77. The molecule has 0 saturated carbocycles. The normalized spacial score (nSPS) is 10.1. The largest absolute Gasteiger partial charge is 0.496 e. The average molecular weight is 293 g/mol. The van der Waals surface area contributed by atoms with E-state index in [9.17, 15) is 10.1 Å². The summed E-state index contributed by atoms with van der Waals surface area (Å²) in [6.07, 6.45) is 0. The van der Waals surface area contributed by atoms with Crippen molar-refractivity contribution in [2.75, 3.05) is 12.4 Å². The summed E-state index contributed by atoms with van der Waals surface area (Å²) in [4.78, 5) is 10.1. The lowest BCUT2D eigenvalue weighted by molar-refractivity contribution is -0.384. The number of hydrogen-bond donors (Lipinski definition) is 1. The summed E-state index contributed by atoms with van der Waals surface area (Å²) in [7, 11) is 1.60. The van der Waals surface area contributed by atoms with E-state index in [-0.39, 0.29) is 5.69 Å². The van der Waals surface area contributed by atoms with Gasteiger partial charge in [0.25, 0.3) is 5.69 Å². The average Bonchev–Trinajstić information content (AvgIpc) is 2.45. The fourth-order valence-corrected chi connectivity index (χ4v) is 1.98. The zero-order valence-corrected chi connectivity index (χ0v) is 11.6. The number of ether oxygens (including phenoxy) is 1. The van der Waals surface area contributed by atoms with E-state index < -0.39 is 4.92 Å². The molecule has 6 heteroatoms. The van der Waals surface area contributed by atoms with Crippen LogP contribution < -0.4 is 10.1 Å². The second-order valence-corrected chi connectivity index (χ2v) is 4.55. The lowest BCUT2D eigenvalue weighted by Gasteiger charge is -2.11. The molecule has 1 N–H and O–H groups in total. The van der Waals surface area contributed by atoms with Crippen LogP contribution in [0, 0.1) is 10.1 Å². The quantitative estimate of drug-likeness (QED) is 0.671. The van der Waals surface area contributed by atoms with Crippen LogP contribution in [0.4, 0.5) is 11.4 Å². The summed E-state index contributed by atoms with van der Waals surface area (Å²) in [6.45, 7) is 0.515. The number of nitrogens with one attached hydrogen (secondary N) is 1. The Labute approximate surface area is 121 Å². The number of rotatable bonds is 5. The van der Waals surface area contributed by atoms with E-state index in [1.807, 2.05) is 6.07 Å². The number of non-ortho nitro benzene ring substituents is 1. The molecule has 0 aliphatic rings. The molecule has 104 valence electrons. The Morgan fingerprint density at radius 2 is 1.95 bits per heavy atom. The van der Waals surface area contributed by atoms with Gasteiger partial charge in [-0.1, -0.05) is 11.6 Å². The van der Waals surface area contributed by atoms with Crippen LogP contribution in [0.25, 0.3) is 0 Å². The number of methoxy groups -OCH3 is 1. The molecular formula is C14H13ClN2O3. The Kier molecular flexibility index (Phi) is 4.42. The van der Waals surface area contributed by atoms with Crippen molar-refractivity contribution in [3.05, 3.63) is 63.2 Å². The summed E-state index contributed by atoms with van der Waals surface area (Å²) < 4.78 is 5.25. The Morgan fingerprint density at radius 1 is 1.25 bits per heavy atom. The van der Waals surface area contributed by atoms with Gasteiger partial charge in [0.2, 0.25) is 0 Å². The second-order valence-electron chi connectivity index (χ2n) is 4.11. The Morgan fingerprint density at radius 3 is 2.55 bits per heavy atom. The van der Waals surface area contributed by atoms with Gasteiger partial charge in [0, 0.05) is 35.0 Å². The molecule has 0 fully saturated rings. The Hall–Kier alpha value is -2.27. The van der Waals surface area contributed by atoms with Gasteiger partial charge < -0.3 is 10.1 Å². The molecule has 5 nitrogen and oxygen atoms in total. The third kappa shape index (κ3) is 3.39. The van der Waals surface area contributed by atoms with Crippen LogP contribution in [0.2, 0.25) is 5.02 Å². The van der Waals surface area contributed by atoms with Crippen LogP contribution in [0.5, 0.6) is 5.75 Å². The van der Waals surface area contributed by atoms with Crippen LogP contribution in [0.3, 0.4) is 0 Å². The van der Waals surface area contributed by atoms with Gasteiger partial charge in [0.05, 0.1) is 12.0 Å². The molecule has 2 aromatic carbocycles. The molecule has 0 spiro atoms. The van der Waals surface area contributed by atoms with Crippen molar-refractivity contribution in [1.82, 2.24) is 0 Å². The first-order valence-electron chi connectivity index (χ1n) is 5.91. The van der Waals surface area contributed by atoms with E-state index >= 15 is 0 Å². The molecule has 0 heterocycles. The highest BCUT2D eigenvalue weighted by Crippen LogP contribution is 2.24. The highest BCUT2D eigenvalue weighted by molar-refractivity contribution is 6.30. The smallest absolute Gasteiger partial charge is 0.269 e. The van der Waals surface area contributed by atoms with Gasteiger partial charge in [-0.15, -0.1) is 0 Å². The first-order chi connectivity index (χ1) is 9.60. The Balaban J connectivity index is 2.08. The fourth-order valence-electron chi connectivity index (χ4n) is 1.78. The number of hydrogen-bond acceptors (Lipinski definition) is 4. The topological polar surface area (TPSA) is 64.4 Å². The molecule has 2 rings (SSSR count). The maximum absolute atomic E-state index is 10.6. The number of anilines is 1. The molecule has 0 unspecified atom stereocenters. The minimum atomic E-state index is -0.427. The highest BCUT2D eigenvalue weighted by Gasteiger charge is 2.06. The van der Waals surface area contributed by atoms with E-state index in [0.717, 1.165) is 17.0 Å². The van der Waals surface area contributed by atoms with Crippen LogP contribution in [0.15, 0.2) is 42.5 Å². The molecular weight excluding hydrogens is 280 g/mol. The molecule has 0 aromatic heterocycles. The van der Waals surface area contributed by atoms with Crippen molar-refractivity contribution in [3.8, 4) is 5.75 Å². The first-order valence-corrected chi connectivity index (χ1v) is 6.28. The van der Waals surface area contributed by atoms with E-state index in [0.29, 0.717) is 11.6 Å². The van der Waals surface area contributed by atoms with E-state index in [1.54, 1.807) is 31.4 Å². The van der Waals surface area contributed by atoms with Gasteiger partial charge in [-0.3, -0.25) is 10.1 Å². The number of nitro groups is 1.